The van der Waals surface area contributed by atoms with Crippen LogP contribution in [0, 0.1) is 0 Å². The maximum absolute atomic E-state index is 5.27. The Labute approximate surface area is 76.5 Å². The summed E-state index contributed by atoms with van der Waals surface area (Å²) in [5, 5.41) is 0. The lowest BCUT2D eigenvalue weighted by molar-refractivity contribution is 0.265. The zero-order chi connectivity index (χ0) is 8.69. The monoisotopic (exact) mass is 194 g/mol. The van der Waals surface area contributed by atoms with Gasteiger partial charge in [0.1, 0.15) is 0 Å². The van der Waals surface area contributed by atoms with E-state index in [0.29, 0.717) is 5.54 Å². The van der Waals surface area contributed by atoms with Crippen molar-refractivity contribution in [1.29, 1.82) is 0 Å². The highest BCUT2D eigenvalue weighted by atomic mass is 32.1. The van der Waals surface area contributed by atoms with E-state index in [0.717, 1.165) is 5.75 Å². The average molecular weight is 194 g/mol. The van der Waals surface area contributed by atoms with Crippen molar-refractivity contribution in [3.05, 3.63) is 0 Å². The summed E-state index contributed by atoms with van der Waals surface area (Å²) in [6.07, 6.45) is 2.35. The Balaban J connectivity index is 3.76. The van der Waals surface area contributed by atoms with Gasteiger partial charge < -0.3 is 8.85 Å². The molecule has 0 aliphatic carbocycles. The molecule has 0 radical (unpaired) electrons. The first kappa shape index (κ1) is 11.5. The van der Waals surface area contributed by atoms with Gasteiger partial charge in [-0.2, -0.15) is 12.6 Å². The van der Waals surface area contributed by atoms with E-state index in [4.69, 9.17) is 8.85 Å². The van der Waals surface area contributed by atoms with E-state index in [1.807, 2.05) is 0 Å². The van der Waals surface area contributed by atoms with Gasteiger partial charge in [-0.05, 0) is 12.2 Å². The van der Waals surface area contributed by atoms with Crippen molar-refractivity contribution in [3.63, 3.8) is 0 Å². The summed E-state index contributed by atoms with van der Waals surface area (Å²) in [5.41, 5.74) is 0.554. The maximum atomic E-state index is 5.27. The zero-order valence-corrected chi connectivity index (χ0v) is 9.59. The molecule has 0 rings (SSSR count). The first-order valence-electron chi connectivity index (χ1n) is 3.96. The van der Waals surface area contributed by atoms with Crippen molar-refractivity contribution in [2.45, 2.75) is 25.3 Å². The molecule has 0 amide bonds. The molecule has 2 nitrogen and oxygen atoms in total. The van der Waals surface area contributed by atoms with Gasteiger partial charge in [0, 0.05) is 19.8 Å². The summed E-state index contributed by atoms with van der Waals surface area (Å²) in [5.74, 6) is 0.881. The molecular formula is C7H18O2SSi. The predicted molar refractivity (Wildman–Crippen MR) is 53.7 cm³/mol. The van der Waals surface area contributed by atoms with Crippen LogP contribution in [0.1, 0.15) is 19.8 Å². The van der Waals surface area contributed by atoms with Crippen LogP contribution in [0.4, 0.5) is 0 Å². The van der Waals surface area contributed by atoms with Crippen molar-refractivity contribution >= 4 is 21.9 Å². The Bertz CT molecular complexity index is 88.5. The Hall–Kier alpha value is 0.487. The molecule has 0 saturated carbocycles. The molecule has 0 aliphatic heterocycles. The zero-order valence-electron chi connectivity index (χ0n) is 7.54. The molecule has 0 aromatic carbocycles. The van der Waals surface area contributed by atoms with Crippen LogP contribution in [0.15, 0.2) is 0 Å². The average Bonchev–Trinajstić information content (AvgIpc) is 2.05. The summed E-state index contributed by atoms with van der Waals surface area (Å²) in [6.45, 7) is 2.17. The second-order valence-electron chi connectivity index (χ2n) is 2.57. The van der Waals surface area contributed by atoms with Crippen LogP contribution in [0.3, 0.4) is 0 Å². The second-order valence-corrected chi connectivity index (χ2v) is 5.56. The van der Waals surface area contributed by atoms with Crippen LogP contribution in [0.2, 0.25) is 5.54 Å². The van der Waals surface area contributed by atoms with Crippen molar-refractivity contribution in [3.8, 4) is 0 Å². The minimum atomic E-state index is -1.40. The summed E-state index contributed by atoms with van der Waals surface area (Å²) in [7, 11) is 2.06. The van der Waals surface area contributed by atoms with E-state index < -0.39 is 9.28 Å². The maximum Gasteiger partial charge on any atom is 0.324 e. The summed E-state index contributed by atoms with van der Waals surface area (Å²) >= 11 is 4.27. The van der Waals surface area contributed by atoms with E-state index in [1.165, 1.54) is 12.8 Å². The molecule has 4 heteroatoms. The molecule has 0 aromatic heterocycles. The molecule has 1 atom stereocenters. The largest absolute Gasteiger partial charge is 0.400 e. The Kier molecular flexibility index (Phi) is 7.47. The second kappa shape index (κ2) is 7.15. The minimum absolute atomic E-state index is 0.554. The molecule has 0 N–H and O–H groups in total. The van der Waals surface area contributed by atoms with Gasteiger partial charge in [-0.3, -0.25) is 0 Å². The lowest BCUT2D eigenvalue weighted by Gasteiger charge is -2.19. The molecule has 0 bridgehead atoms. The third kappa shape index (κ3) is 4.15. The van der Waals surface area contributed by atoms with Gasteiger partial charge in [-0.25, -0.2) is 0 Å². The van der Waals surface area contributed by atoms with Gasteiger partial charge >= 0.3 is 9.28 Å². The van der Waals surface area contributed by atoms with Gasteiger partial charge in [0.15, 0.2) is 0 Å². The Morgan fingerprint density at radius 1 is 1.36 bits per heavy atom. The minimum Gasteiger partial charge on any atom is -0.400 e. The number of hydrogen-bond donors (Lipinski definition) is 1. The topological polar surface area (TPSA) is 18.5 Å². The van der Waals surface area contributed by atoms with Crippen molar-refractivity contribution in [2.24, 2.45) is 0 Å². The van der Waals surface area contributed by atoms with Crippen LogP contribution >= 0.6 is 12.6 Å². The van der Waals surface area contributed by atoms with Crippen LogP contribution in [-0.4, -0.2) is 29.3 Å². The normalized spacial score (nSPS) is 13.9. The van der Waals surface area contributed by atoms with Crippen molar-refractivity contribution in [2.75, 3.05) is 20.0 Å². The number of rotatable bonds is 6. The van der Waals surface area contributed by atoms with E-state index in [9.17, 15) is 0 Å². The fourth-order valence-corrected chi connectivity index (χ4v) is 3.60. The standard InChI is InChI=1S/C7H18O2SSi/c1-4-5-7(6-10)11(8-2)9-3/h7,10-11H,4-6H2,1-3H3. The van der Waals surface area contributed by atoms with Crippen LogP contribution in [-0.2, 0) is 8.85 Å². The lowest BCUT2D eigenvalue weighted by Crippen LogP contribution is -2.27. The molecule has 1 unspecified atom stereocenters. The van der Waals surface area contributed by atoms with Gasteiger partial charge in [0.25, 0.3) is 0 Å². The molecule has 0 fully saturated rings. The van der Waals surface area contributed by atoms with E-state index >= 15 is 0 Å². The molecule has 0 spiro atoms. The number of thiol groups is 1. The molecule has 11 heavy (non-hydrogen) atoms. The first-order valence-corrected chi connectivity index (χ1v) is 6.20. The van der Waals surface area contributed by atoms with Gasteiger partial charge in [0.2, 0.25) is 0 Å². The van der Waals surface area contributed by atoms with Crippen molar-refractivity contribution < 1.29 is 8.85 Å². The van der Waals surface area contributed by atoms with E-state index in [-0.39, 0.29) is 0 Å². The van der Waals surface area contributed by atoms with Crippen LogP contribution < -0.4 is 0 Å². The number of hydrogen-bond acceptors (Lipinski definition) is 3. The third-order valence-electron chi connectivity index (χ3n) is 1.74. The van der Waals surface area contributed by atoms with Crippen LogP contribution in [0.25, 0.3) is 0 Å². The predicted octanol–water partition coefficient (Wildman–Crippen LogP) is 1.60. The first-order chi connectivity index (χ1) is 5.29. The lowest BCUT2D eigenvalue weighted by atomic mass is 10.3. The third-order valence-corrected chi connectivity index (χ3v) is 4.88. The van der Waals surface area contributed by atoms with Gasteiger partial charge in [-0.15, -0.1) is 0 Å². The highest BCUT2D eigenvalue weighted by Crippen LogP contribution is 2.19. The van der Waals surface area contributed by atoms with E-state index in [2.05, 4.69) is 19.6 Å². The highest BCUT2D eigenvalue weighted by molar-refractivity contribution is 7.80. The quantitative estimate of drug-likeness (QED) is 0.511. The van der Waals surface area contributed by atoms with Crippen molar-refractivity contribution in [1.82, 2.24) is 0 Å². The van der Waals surface area contributed by atoms with E-state index in [1.54, 1.807) is 14.2 Å². The smallest absolute Gasteiger partial charge is 0.324 e. The van der Waals surface area contributed by atoms with Crippen LogP contribution in [0.5, 0.6) is 0 Å². The molecular weight excluding hydrogens is 176 g/mol. The Morgan fingerprint density at radius 3 is 2.18 bits per heavy atom. The molecule has 0 saturated heterocycles. The summed E-state index contributed by atoms with van der Waals surface area (Å²) < 4.78 is 10.5. The molecule has 0 aliphatic rings. The SMILES string of the molecule is CCCC(CS)[SiH](OC)OC. The molecule has 68 valence electrons. The highest BCUT2D eigenvalue weighted by Gasteiger charge is 2.21. The van der Waals surface area contributed by atoms with Gasteiger partial charge in [-0.1, -0.05) is 13.3 Å². The molecule has 0 heterocycles. The fraction of sp³-hybridized carbons (Fsp3) is 1.00. The fourth-order valence-electron chi connectivity index (χ4n) is 1.17. The molecule has 0 aromatic rings. The Morgan fingerprint density at radius 2 is 1.91 bits per heavy atom. The van der Waals surface area contributed by atoms with Gasteiger partial charge in [0.05, 0.1) is 0 Å². The summed E-state index contributed by atoms with van der Waals surface area (Å²) in [4.78, 5) is 0. The summed E-state index contributed by atoms with van der Waals surface area (Å²) in [6, 6.07) is 0.